The molecule has 1 amide bonds. The molecule has 0 aliphatic carbocycles. The Kier molecular flexibility index (Phi) is 8.68. The van der Waals surface area contributed by atoms with Crippen molar-refractivity contribution in [3.05, 3.63) is 102 Å². The highest BCUT2D eigenvalue weighted by Gasteiger charge is 2.16. The maximum Gasteiger partial charge on any atom is 0.255 e. The van der Waals surface area contributed by atoms with E-state index in [2.05, 4.69) is 5.32 Å². The van der Waals surface area contributed by atoms with Crippen LogP contribution >= 0.6 is 0 Å². The molecule has 0 aromatic heterocycles. The molecule has 0 saturated carbocycles. The fraction of sp³-hybridized carbons (Fsp3) is 0.167. The Hall–Kier alpha value is -4.27. The third-order valence-corrected chi connectivity index (χ3v) is 5.82. The summed E-state index contributed by atoms with van der Waals surface area (Å²) in [7, 11) is 0. The fourth-order valence-electron chi connectivity index (χ4n) is 3.92. The van der Waals surface area contributed by atoms with Gasteiger partial charge < -0.3 is 26.3 Å². The fourth-order valence-corrected chi connectivity index (χ4v) is 3.92. The molecule has 0 bridgehead atoms. The number of carbonyl (C=O) groups is 1. The van der Waals surface area contributed by atoms with Crippen LogP contribution in [0.4, 0.5) is 14.5 Å². The van der Waals surface area contributed by atoms with Gasteiger partial charge in [-0.3, -0.25) is 4.79 Å². The minimum atomic E-state index is -0.997. The number of carbonyl (C=O) groups excluding carboxylic acids is 1. The van der Waals surface area contributed by atoms with Crippen molar-refractivity contribution in [3.63, 3.8) is 0 Å². The molecule has 5 N–H and O–H groups in total. The SMILES string of the molecule is Cc1ccc(-c2cc(NC(=O)c3ccc(OCCN)c(-c4ccc(F)c(F)c4)c3)ccc2OCCN)cc1. The molecule has 4 rings (SSSR count). The van der Waals surface area contributed by atoms with E-state index in [9.17, 15) is 13.6 Å². The number of halogens is 2. The number of hydrogen-bond acceptors (Lipinski definition) is 5. The van der Waals surface area contributed by atoms with Crippen LogP contribution in [0.1, 0.15) is 15.9 Å². The average Bonchev–Trinajstić information content (AvgIpc) is 2.93. The molecule has 4 aromatic carbocycles. The summed E-state index contributed by atoms with van der Waals surface area (Å²) in [4.78, 5) is 13.2. The number of rotatable bonds is 10. The molecule has 0 unspecified atom stereocenters. The molecule has 0 heterocycles. The van der Waals surface area contributed by atoms with Crippen molar-refractivity contribution in [2.75, 3.05) is 31.6 Å². The van der Waals surface area contributed by atoms with E-state index in [4.69, 9.17) is 20.9 Å². The summed E-state index contributed by atoms with van der Waals surface area (Å²) in [6.45, 7) is 3.23. The zero-order chi connectivity index (χ0) is 27.1. The van der Waals surface area contributed by atoms with Gasteiger partial charge in [0.15, 0.2) is 11.6 Å². The van der Waals surface area contributed by atoms with Crippen LogP contribution in [-0.2, 0) is 0 Å². The Bertz CT molecular complexity index is 1430. The summed E-state index contributed by atoms with van der Waals surface area (Å²) >= 11 is 0. The maximum absolute atomic E-state index is 14.0. The van der Waals surface area contributed by atoms with Crippen LogP contribution in [0.5, 0.6) is 11.5 Å². The van der Waals surface area contributed by atoms with Crippen molar-refractivity contribution in [2.24, 2.45) is 11.5 Å². The van der Waals surface area contributed by atoms with Crippen LogP contribution in [-0.4, -0.2) is 32.2 Å². The monoisotopic (exact) mass is 517 g/mol. The molecule has 0 saturated heterocycles. The lowest BCUT2D eigenvalue weighted by Gasteiger charge is -2.15. The van der Waals surface area contributed by atoms with Crippen molar-refractivity contribution in [2.45, 2.75) is 6.92 Å². The first-order valence-corrected chi connectivity index (χ1v) is 12.2. The van der Waals surface area contributed by atoms with Crippen molar-refractivity contribution in [1.82, 2.24) is 0 Å². The van der Waals surface area contributed by atoms with Gasteiger partial charge in [0.05, 0.1) is 0 Å². The van der Waals surface area contributed by atoms with Gasteiger partial charge in [0.1, 0.15) is 24.7 Å². The molecule has 196 valence electrons. The van der Waals surface area contributed by atoms with Gasteiger partial charge in [-0.1, -0.05) is 35.9 Å². The second kappa shape index (κ2) is 12.3. The largest absolute Gasteiger partial charge is 0.492 e. The predicted octanol–water partition coefficient (Wildman–Crippen LogP) is 5.53. The van der Waals surface area contributed by atoms with Gasteiger partial charge in [-0.05, 0) is 66.6 Å². The molecule has 0 radical (unpaired) electrons. The molecule has 0 aliphatic heterocycles. The van der Waals surface area contributed by atoms with E-state index in [1.165, 1.54) is 6.07 Å². The Morgan fingerprint density at radius 2 is 1.34 bits per heavy atom. The second-order valence-electron chi connectivity index (χ2n) is 8.65. The topological polar surface area (TPSA) is 99.6 Å². The summed E-state index contributed by atoms with van der Waals surface area (Å²) < 4.78 is 39.0. The van der Waals surface area contributed by atoms with Crippen LogP contribution in [0.3, 0.4) is 0 Å². The van der Waals surface area contributed by atoms with Crippen molar-refractivity contribution in [1.29, 1.82) is 0 Å². The molecule has 6 nitrogen and oxygen atoms in total. The number of aryl methyl sites for hydroxylation is 1. The van der Waals surface area contributed by atoms with Crippen LogP contribution in [0, 0.1) is 18.6 Å². The first kappa shape index (κ1) is 26.8. The van der Waals surface area contributed by atoms with E-state index >= 15 is 0 Å². The summed E-state index contributed by atoms with van der Waals surface area (Å²) in [5.74, 6) is -1.29. The van der Waals surface area contributed by atoms with Gasteiger partial charge in [0.2, 0.25) is 0 Å². The Morgan fingerprint density at radius 1 is 0.737 bits per heavy atom. The number of nitrogens with two attached hydrogens (primary N) is 2. The number of hydrogen-bond donors (Lipinski definition) is 3. The molecule has 8 heteroatoms. The minimum Gasteiger partial charge on any atom is -0.492 e. The van der Waals surface area contributed by atoms with E-state index in [0.29, 0.717) is 47.0 Å². The molecule has 0 aliphatic rings. The van der Waals surface area contributed by atoms with Crippen LogP contribution in [0.15, 0.2) is 78.9 Å². The van der Waals surface area contributed by atoms with Gasteiger partial charge >= 0.3 is 0 Å². The summed E-state index contributed by atoms with van der Waals surface area (Å²) in [5, 5.41) is 2.91. The second-order valence-corrected chi connectivity index (χ2v) is 8.65. The Morgan fingerprint density at radius 3 is 1.97 bits per heavy atom. The smallest absolute Gasteiger partial charge is 0.255 e. The van der Waals surface area contributed by atoms with Crippen LogP contribution < -0.4 is 26.3 Å². The molecule has 0 spiro atoms. The van der Waals surface area contributed by atoms with E-state index in [-0.39, 0.29) is 19.1 Å². The number of benzene rings is 4. The highest BCUT2D eigenvalue weighted by atomic mass is 19.2. The maximum atomic E-state index is 14.0. The zero-order valence-electron chi connectivity index (χ0n) is 21.0. The van der Waals surface area contributed by atoms with Crippen LogP contribution in [0.2, 0.25) is 0 Å². The molecule has 0 fully saturated rings. The van der Waals surface area contributed by atoms with Crippen molar-refractivity contribution in [3.8, 4) is 33.8 Å². The van der Waals surface area contributed by atoms with E-state index in [1.807, 2.05) is 37.3 Å². The lowest BCUT2D eigenvalue weighted by atomic mass is 10.0. The van der Waals surface area contributed by atoms with Crippen molar-refractivity contribution < 1.29 is 23.0 Å². The molecule has 38 heavy (non-hydrogen) atoms. The Labute approximate surface area is 220 Å². The van der Waals surface area contributed by atoms with Gasteiger partial charge in [0, 0.05) is 35.5 Å². The first-order valence-electron chi connectivity index (χ1n) is 12.2. The number of ether oxygens (including phenoxy) is 2. The number of nitrogens with one attached hydrogen (secondary N) is 1. The Balaban J connectivity index is 1.66. The van der Waals surface area contributed by atoms with Gasteiger partial charge in [0.25, 0.3) is 5.91 Å². The van der Waals surface area contributed by atoms with E-state index in [1.54, 1.807) is 30.3 Å². The van der Waals surface area contributed by atoms with E-state index < -0.39 is 11.6 Å². The minimum absolute atomic E-state index is 0.225. The number of amides is 1. The highest BCUT2D eigenvalue weighted by molar-refractivity contribution is 6.05. The molecule has 4 aromatic rings. The normalized spacial score (nSPS) is 10.8. The molecule has 0 atom stereocenters. The quantitative estimate of drug-likeness (QED) is 0.257. The standard InChI is InChI=1S/C30H29F2N3O3/c1-19-2-4-20(5-3-19)25-18-23(8-11-29(25)38-15-13-34)35-30(36)22-7-10-28(37-14-12-33)24(16-22)21-6-9-26(31)27(32)17-21/h2-11,16-18H,12-15,33-34H2,1H3,(H,35,36). The summed E-state index contributed by atoms with van der Waals surface area (Å²) in [5.41, 5.74) is 15.7. The van der Waals surface area contributed by atoms with Crippen molar-refractivity contribution >= 4 is 11.6 Å². The first-order chi connectivity index (χ1) is 18.4. The summed E-state index contributed by atoms with van der Waals surface area (Å²) in [6, 6.07) is 21.7. The lowest BCUT2D eigenvalue weighted by Crippen LogP contribution is -2.14. The lowest BCUT2D eigenvalue weighted by molar-refractivity contribution is 0.102. The van der Waals surface area contributed by atoms with Crippen LogP contribution in [0.25, 0.3) is 22.3 Å². The molecular formula is C30H29F2N3O3. The van der Waals surface area contributed by atoms with Gasteiger partial charge in [-0.15, -0.1) is 0 Å². The van der Waals surface area contributed by atoms with Gasteiger partial charge in [-0.2, -0.15) is 0 Å². The van der Waals surface area contributed by atoms with Gasteiger partial charge in [-0.25, -0.2) is 8.78 Å². The summed E-state index contributed by atoms with van der Waals surface area (Å²) in [6.07, 6.45) is 0. The highest BCUT2D eigenvalue weighted by Crippen LogP contribution is 2.35. The third kappa shape index (κ3) is 6.34. The zero-order valence-corrected chi connectivity index (χ0v) is 21.0. The molecular weight excluding hydrogens is 488 g/mol. The van der Waals surface area contributed by atoms with E-state index in [0.717, 1.165) is 28.8 Å². The predicted molar refractivity (Wildman–Crippen MR) is 145 cm³/mol. The third-order valence-electron chi connectivity index (χ3n) is 5.82. The average molecular weight is 518 g/mol. The number of anilines is 1.